The number of rotatable bonds is 5. The molecule has 0 aliphatic rings. The molecule has 1 amide bonds. The van der Waals surface area contributed by atoms with Crippen molar-refractivity contribution in [1.82, 2.24) is 21.0 Å². The quantitative estimate of drug-likeness (QED) is 0.633. The van der Waals surface area contributed by atoms with Crippen LogP contribution in [-0.4, -0.2) is 16.1 Å². The topological polar surface area (TPSA) is 83.0 Å². The molecule has 0 saturated heterocycles. The van der Waals surface area contributed by atoms with Crippen LogP contribution in [0.15, 0.2) is 53.0 Å². The second kappa shape index (κ2) is 5.68. The van der Waals surface area contributed by atoms with Gasteiger partial charge < -0.3 is 4.42 Å². The molecule has 0 fully saturated rings. The zero-order valence-electron chi connectivity index (χ0n) is 10.9. The molecule has 7 heteroatoms. The molecule has 3 aromatic rings. The summed E-state index contributed by atoms with van der Waals surface area (Å²) in [4.78, 5) is 12.9. The van der Waals surface area contributed by atoms with Crippen molar-refractivity contribution in [2.24, 2.45) is 0 Å². The predicted octanol–water partition coefficient (Wildman–Crippen LogP) is 2.64. The van der Waals surface area contributed by atoms with Gasteiger partial charge in [0, 0.05) is 6.07 Å². The van der Waals surface area contributed by atoms with E-state index in [1.807, 2.05) is 17.5 Å². The van der Waals surface area contributed by atoms with Gasteiger partial charge in [-0.3, -0.25) is 20.7 Å². The molecular weight excluding hydrogens is 288 g/mol. The number of H-pyrrole nitrogens is 1. The summed E-state index contributed by atoms with van der Waals surface area (Å²) >= 11 is 1.53. The number of carbonyl (C=O) groups is 1. The van der Waals surface area contributed by atoms with Gasteiger partial charge in [-0.1, -0.05) is 12.6 Å². The summed E-state index contributed by atoms with van der Waals surface area (Å²) in [6, 6.07) is 8.99. The molecule has 0 atom stereocenters. The Morgan fingerprint density at radius 3 is 2.95 bits per heavy atom. The Labute approximate surface area is 124 Å². The van der Waals surface area contributed by atoms with Gasteiger partial charge in [-0.05, 0) is 23.6 Å². The summed E-state index contributed by atoms with van der Waals surface area (Å²) in [5, 5.41) is 8.64. The maximum atomic E-state index is 12.0. The molecule has 0 spiro atoms. The van der Waals surface area contributed by atoms with E-state index in [-0.39, 0.29) is 11.6 Å². The second-order valence-corrected chi connectivity index (χ2v) is 5.13. The highest BCUT2D eigenvalue weighted by Gasteiger charge is 2.12. The minimum atomic E-state index is -0.359. The van der Waals surface area contributed by atoms with E-state index >= 15 is 0 Å². The SMILES string of the molecule is C=C(NNC(=O)c1cc(-c2ccco2)[nH]n1)c1cccs1. The smallest absolute Gasteiger partial charge is 0.290 e. The molecule has 0 aromatic carbocycles. The third-order valence-electron chi connectivity index (χ3n) is 2.74. The molecule has 3 aromatic heterocycles. The van der Waals surface area contributed by atoms with Crippen molar-refractivity contribution in [3.8, 4) is 11.5 Å². The number of hydrogen-bond acceptors (Lipinski definition) is 5. The number of aromatic amines is 1. The summed E-state index contributed by atoms with van der Waals surface area (Å²) in [6.45, 7) is 3.85. The number of nitrogens with zero attached hydrogens (tertiary/aromatic N) is 1. The lowest BCUT2D eigenvalue weighted by atomic mass is 10.3. The fourth-order valence-corrected chi connectivity index (χ4v) is 2.36. The molecule has 106 valence electrons. The average molecular weight is 300 g/mol. The van der Waals surface area contributed by atoms with Crippen LogP contribution >= 0.6 is 11.3 Å². The monoisotopic (exact) mass is 300 g/mol. The normalized spacial score (nSPS) is 10.3. The van der Waals surface area contributed by atoms with Crippen LogP contribution in [0.1, 0.15) is 15.4 Å². The molecule has 21 heavy (non-hydrogen) atoms. The van der Waals surface area contributed by atoms with Crippen molar-refractivity contribution in [2.75, 3.05) is 0 Å². The van der Waals surface area contributed by atoms with E-state index in [1.165, 1.54) is 11.3 Å². The number of hydrogen-bond donors (Lipinski definition) is 3. The van der Waals surface area contributed by atoms with Crippen molar-refractivity contribution in [1.29, 1.82) is 0 Å². The Morgan fingerprint density at radius 2 is 2.24 bits per heavy atom. The third kappa shape index (κ3) is 2.87. The van der Waals surface area contributed by atoms with Crippen LogP contribution in [0.25, 0.3) is 17.2 Å². The van der Waals surface area contributed by atoms with E-state index in [1.54, 1.807) is 24.5 Å². The maximum Gasteiger partial charge on any atom is 0.290 e. The number of carbonyl (C=O) groups excluding carboxylic acids is 1. The standard InChI is InChI=1S/C14H12N4O2S/c1-9(13-5-3-7-21-13)15-18-14(19)11-8-10(16-17-11)12-4-2-6-20-12/h2-8,15H,1H2,(H,16,17)(H,18,19). The van der Waals surface area contributed by atoms with Crippen LogP contribution in [0, 0.1) is 0 Å². The molecule has 6 nitrogen and oxygen atoms in total. The van der Waals surface area contributed by atoms with Crippen LogP contribution in [0.4, 0.5) is 0 Å². The predicted molar refractivity (Wildman–Crippen MR) is 80.2 cm³/mol. The highest BCUT2D eigenvalue weighted by Crippen LogP contribution is 2.18. The Bertz CT molecular complexity index is 744. The first-order valence-electron chi connectivity index (χ1n) is 6.12. The second-order valence-electron chi connectivity index (χ2n) is 4.18. The Balaban J connectivity index is 1.62. The number of hydrazine groups is 1. The molecule has 0 aliphatic heterocycles. The van der Waals surface area contributed by atoms with Crippen molar-refractivity contribution in [3.63, 3.8) is 0 Å². The molecule has 0 radical (unpaired) electrons. The van der Waals surface area contributed by atoms with Crippen LogP contribution in [0.3, 0.4) is 0 Å². The molecule has 3 rings (SSSR count). The highest BCUT2D eigenvalue weighted by molar-refractivity contribution is 7.11. The van der Waals surface area contributed by atoms with Gasteiger partial charge in [0.05, 0.1) is 16.8 Å². The van der Waals surface area contributed by atoms with E-state index in [0.29, 0.717) is 17.2 Å². The van der Waals surface area contributed by atoms with Gasteiger partial charge in [0.15, 0.2) is 11.5 Å². The molecule has 3 heterocycles. The largest absolute Gasteiger partial charge is 0.463 e. The molecular formula is C14H12N4O2S. The van der Waals surface area contributed by atoms with E-state index in [4.69, 9.17) is 4.42 Å². The van der Waals surface area contributed by atoms with E-state index in [0.717, 1.165) is 4.88 Å². The van der Waals surface area contributed by atoms with Crippen LogP contribution < -0.4 is 10.9 Å². The van der Waals surface area contributed by atoms with Crippen molar-refractivity contribution in [2.45, 2.75) is 0 Å². The van der Waals surface area contributed by atoms with Crippen molar-refractivity contribution < 1.29 is 9.21 Å². The summed E-state index contributed by atoms with van der Waals surface area (Å²) < 4.78 is 5.23. The minimum Gasteiger partial charge on any atom is -0.463 e. The van der Waals surface area contributed by atoms with Gasteiger partial charge in [-0.25, -0.2) is 0 Å². The summed E-state index contributed by atoms with van der Waals surface area (Å²) in [7, 11) is 0. The van der Waals surface area contributed by atoms with Crippen LogP contribution in [-0.2, 0) is 0 Å². The minimum absolute atomic E-state index is 0.257. The first kappa shape index (κ1) is 13.2. The van der Waals surface area contributed by atoms with Gasteiger partial charge >= 0.3 is 0 Å². The lowest BCUT2D eigenvalue weighted by Gasteiger charge is -2.07. The van der Waals surface area contributed by atoms with Gasteiger partial charge in [0.2, 0.25) is 0 Å². The lowest BCUT2D eigenvalue weighted by Crippen LogP contribution is -2.35. The Morgan fingerprint density at radius 1 is 1.33 bits per heavy atom. The number of furan rings is 1. The van der Waals surface area contributed by atoms with Crippen molar-refractivity contribution in [3.05, 3.63) is 59.1 Å². The zero-order chi connectivity index (χ0) is 14.7. The summed E-state index contributed by atoms with van der Waals surface area (Å²) in [6.07, 6.45) is 1.56. The molecule has 0 bridgehead atoms. The number of aromatic nitrogens is 2. The maximum absolute atomic E-state index is 12.0. The molecule has 0 saturated carbocycles. The first-order valence-corrected chi connectivity index (χ1v) is 7.00. The third-order valence-corrected chi connectivity index (χ3v) is 3.67. The van der Waals surface area contributed by atoms with Gasteiger partial charge in [-0.15, -0.1) is 11.3 Å². The fraction of sp³-hybridized carbons (Fsp3) is 0. The fourth-order valence-electron chi connectivity index (χ4n) is 1.70. The summed E-state index contributed by atoms with van der Waals surface area (Å²) in [5.41, 5.74) is 6.84. The number of nitrogens with one attached hydrogen (secondary N) is 3. The molecule has 3 N–H and O–H groups in total. The van der Waals surface area contributed by atoms with Gasteiger partial charge in [0.1, 0.15) is 5.69 Å². The molecule has 0 aliphatic carbocycles. The first-order chi connectivity index (χ1) is 10.2. The number of amides is 1. The van der Waals surface area contributed by atoms with Crippen molar-refractivity contribution >= 4 is 22.9 Å². The zero-order valence-corrected chi connectivity index (χ0v) is 11.7. The lowest BCUT2D eigenvalue weighted by molar-refractivity contribution is 0.0937. The van der Waals surface area contributed by atoms with E-state index in [9.17, 15) is 4.79 Å². The number of thiophene rings is 1. The van der Waals surface area contributed by atoms with Gasteiger partial charge in [0.25, 0.3) is 5.91 Å². The highest BCUT2D eigenvalue weighted by atomic mass is 32.1. The molecule has 0 unspecified atom stereocenters. The van der Waals surface area contributed by atoms with Gasteiger partial charge in [-0.2, -0.15) is 5.10 Å². The van der Waals surface area contributed by atoms with E-state index in [2.05, 4.69) is 27.6 Å². The van der Waals surface area contributed by atoms with E-state index < -0.39 is 0 Å². The van der Waals surface area contributed by atoms with Crippen LogP contribution in [0.5, 0.6) is 0 Å². The summed E-state index contributed by atoms with van der Waals surface area (Å²) in [5.74, 6) is 0.263. The van der Waals surface area contributed by atoms with Crippen LogP contribution in [0.2, 0.25) is 0 Å². The Hall–Kier alpha value is -2.80. The Kier molecular flexibility index (Phi) is 3.57. The average Bonchev–Trinajstić information content (AvgIpc) is 3.25.